The fourth-order valence-electron chi connectivity index (χ4n) is 3.69. The number of H-pyrrole nitrogens is 1. The van der Waals surface area contributed by atoms with E-state index < -0.39 is 17.6 Å². The first-order chi connectivity index (χ1) is 12.9. The van der Waals surface area contributed by atoms with Crippen molar-refractivity contribution in [2.45, 2.75) is 24.9 Å². The maximum absolute atomic E-state index is 13.2. The van der Waals surface area contributed by atoms with Crippen molar-refractivity contribution in [1.29, 1.82) is 0 Å². The van der Waals surface area contributed by atoms with Gasteiger partial charge < -0.3 is 9.88 Å². The zero-order valence-electron chi connectivity index (χ0n) is 14.3. The summed E-state index contributed by atoms with van der Waals surface area (Å²) in [6.45, 7) is 0.826. The van der Waals surface area contributed by atoms with E-state index in [1.165, 1.54) is 11.1 Å². The second-order valence-electron chi connectivity index (χ2n) is 6.63. The van der Waals surface area contributed by atoms with Crippen LogP contribution in [0.25, 0.3) is 11.0 Å². The highest BCUT2D eigenvalue weighted by molar-refractivity contribution is 5.95. The van der Waals surface area contributed by atoms with Crippen LogP contribution in [0.15, 0.2) is 43.0 Å². The number of hydrogen-bond donors (Lipinski definition) is 1. The second-order valence-corrected chi connectivity index (χ2v) is 6.63. The van der Waals surface area contributed by atoms with Gasteiger partial charge in [-0.15, -0.1) is 0 Å². The SMILES string of the molecule is O=C(c1ccncc1C(F)(F)F)N1CCC(c2c[nH]c3ncccc23)CC1. The summed E-state index contributed by atoms with van der Waals surface area (Å²) in [5, 5.41) is 1.05. The van der Waals surface area contributed by atoms with Crippen LogP contribution in [-0.4, -0.2) is 38.8 Å². The molecule has 1 fully saturated rings. The van der Waals surface area contributed by atoms with Gasteiger partial charge in [-0.2, -0.15) is 13.2 Å². The minimum absolute atomic E-state index is 0.242. The predicted molar refractivity (Wildman–Crippen MR) is 93.2 cm³/mol. The van der Waals surface area contributed by atoms with Gasteiger partial charge in [-0.25, -0.2) is 4.98 Å². The number of nitrogens with one attached hydrogen (secondary N) is 1. The Morgan fingerprint density at radius 3 is 2.70 bits per heavy atom. The van der Waals surface area contributed by atoms with Crippen LogP contribution >= 0.6 is 0 Å². The number of pyridine rings is 2. The normalized spacial score (nSPS) is 16.0. The lowest BCUT2D eigenvalue weighted by molar-refractivity contribution is -0.138. The third-order valence-electron chi connectivity index (χ3n) is 5.06. The third-order valence-corrected chi connectivity index (χ3v) is 5.06. The van der Waals surface area contributed by atoms with E-state index in [4.69, 9.17) is 0 Å². The molecule has 1 saturated heterocycles. The van der Waals surface area contributed by atoms with Crippen molar-refractivity contribution in [2.24, 2.45) is 0 Å². The molecule has 5 nitrogen and oxygen atoms in total. The zero-order valence-corrected chi connectivity index (χ0v) is 14.3. The third kappa shape index (κ3) is 3.27. The van der Waals surface area contributed by atoms with Crippen molar-refractivity contribution in [3.63, 3.8) is 0 Å². The molecule has 8 heteroatoms. The molecule has 0 spiro atoms. The summed E-state index contributed by atoms with van der Waals surface area (Å²) in [5.41, 5.74) is 0.634. The Hall–Kier alpha value is -2.90. The van der Waals surface area contributed by atoms with Crippen molar-refractivity contribution >= 4 is 16.9 Å². The molecular weight excluding hydrogens is 357 g/mol. The van der Waals surface area contributed by atoms with Gasteiger partial charge in [0.05, 0.1) is 11.1 Å². The largest absolute Gasteiger partial charge is 0.418 e. The van der Waals surface area contributed by atoms with Crippen molar-refractivity contribution in [2.75, 3.05) is 13.1 Å². The number of amides is 1. The van der Waals surface area contributed by atoms with E-state index in [1.54, 1.807) is 6.20 Å². The van der Waals surface area contributed by atoms with Crippen LogP contribution in [0.4, 0.5) is 13.2 Å². The number of piperidine rings is 1. The number of carbonyl (C=O) groups excluding carboxylic acids is 1. The average molecular weight is 374 g/mol. The smallest absolute Gasteiger partial charge is 0.346 e. The predicted octanol–water partition coefficient (Wildman–Crippen LogP) is 4.00. The van der Waals surface area contributed by atoms with E-state index in [2.05, 4.69) is 15.0 Å². The molecule has 0 aromatic carbocycles. The maximum Gasteiger partial charge on any atom is 0.418 e. The number of carbonyl (C=O) groups is 1. The molecule has 140 valence electrons. The molecule has 1 aliphatic heterocycles. The Morgan fingerprint density at radius 2 is 1.96 bits per heavy atom. The second kappa shape index (κ2) is 6.68. The number of halogens is 3. The Kier molecular flexibility index (Phi) is 4.33. The van der Waals surface area contributed by atoms with Crippen LogP contribution in [0, 0.1) is 0 Å². The van der Waals surface area contributed by atoms with E-state index >= 15 is 0 Å². The molecule has 0 saturated carbocycles. The monoisotopic (exact) mass is 374 g/mol. The Bertz CT molecular complexity index is 974. The summed E-state index contributed by atoms with van der Waals surface area (Å²) < 4.78 is 39.5. The van der Waals surface area contributed by atoms with Gasteiger partial charge in [0.2, 0.25) is 0 Å². The molecule has 0 aliphatic carbocycles. The highest BCUT2D eigenvalue weighted by atomic mass is 19.4. The Labute approximate surface area is 153 Å². The minimum Gasteiger partial charge on any atom is -0.346 e. The molecule has 0 unspecified atom stereocenters. The Morgan fingerprint density at radius 1 is 1.19 bits per heavy atom. The number of rotatable bonds is 2. The van der Waals surface area contributed by atoms with Gasteiger partial charge in [0, 0.05) is 43.3 Å². The van der Waals surface area contributed by atoms with E-state index in [9.17, 15) is 18.0 Å². The van der Waals surface area contributed by atoms with Gasteiger partial charge in [-0.05, 0) is 42.5 Å². The standard InChI is InChI=1S/C19H17F3N4O/c20-19(21,22)16-11-23-7-3-14(16)18(27)26-8-4-12(5-9-26)15-10-25-17-13(15)2-1-6-24-17/h1-3,6-7,10-12H,4-5,8-9H2,(H,24,25). The molecule has 4 heterocycles. The van der Waals surface area contributed by atoms with E-state index in [0.29, 0.717) is 32.1 Å². The van der Waals surface area contributed by atoms with Gasteiger partial charge in [-0.3, -0.25) is 9.78 Å². The molecule has 0 atom stereocenters. The summed E-state index contributed by atoms with van der Waals surface area (Å²) in [6.07, 6.45) is 2.36. The first kappa shape index (κ1) is 17.5. The highest BCUT2D eigenvalue weighted by Crippen LogP contribution is 2.35. The fourth-order valence-corrected chi connectivity index (χ4v) is 3.69. The van der Waals surface area contributed by atoms with Crippen molar-refractivity contribution in [1.82, 2.24) is 19.9 Å². The quantitative estimate of drug-likeness (QED) is 0.738. The molecule has 1 N–H and O–H groups in total. The Balaban J connectivity index is 1.51. The van der Waals surface area contributed by atoms with Crippen molar-refractivity contribution in [3.8, 4) is 0 Å². The highest BCUT2D eigenvalue weighted by Gasteiger charge is 2.37. The van der Waals surface area contributed by atoms with Gasteiger partial charge >= 0.3 is 6.18 Å². The van der Waals surface area contributed by atoms with Gasteiger partial charge in [0.1, 0.15) is 5.65 Å². The molecule has 4 rings (SSSR count). The summed E-state index contributed by atoms with van der Waals surface area (Å²) in [4.78, 5) is 25.1. The number of aromatic nitrogens is 3. The van der Waals surface area contributed by atoms with Crippen molar-refractivity contribution < 1.29 is 18.0 Å². The lowest BCUT2D eigenvalue weighted by atomic mass is 9.89. The maximum atomic E-state index is 13.2. The first-order valence-electron chi connectivity index (χ1n) is 8.67. The number of aromatic amines is 1. The topological polar surface area (TPSA) is 61.9 Å². The van der Waals surface area contributed by atoms with Crippen molar-refractivity contribution in [3.05, 3.63) is 59.7 Å². The van der Waals surface area contributed by atoms with E-state index in [-0.39, 0.29) is 11.5 Å². The van der Waals surface area contributed by atoms with Crippen LogP contribution in [0.3, 0.4) is 0 Å². The molecule has 27 heavy (non-hydrogen) atoms. The number of nitrogens with zero attached hydrogens (tertiary/aromatic N) is 3. The van der Waals surface area contributed by atoms with Crippen LogP contribution < -0.4 is 0 Å². The van der Waals surface area contributed by atoms with Crippen LogP contribution in [0.5, 0.6) is 0 Å². The molecule has 0 radical (unpaired) electrons. The number of hydrogen-bond acceptors (Lipinski definition) is 3. The van der Waals surface area contributed by atoms with E-state index in [0.717, 1.165) is 22.7 Å². The molecule has 3 aromatic heterocycles. The van der Waals surface area contributed by atoms with Crippen LogP contribution in [0.1, 0.15) is 40.2 Å². The number of alkyl halides is 3. The summed E-state index contributed by atoms with van der Waals surface area (Å²) in [5.74, 6) is -0.352. The van der Waals surface area contributed by atoms with Gasteiger partial charge in [0.15, 0.2) is 0 Å². The first-order valence-corrected chi connectivity index (χ1v) is 8.67. The lowest BCUT2D eigenvalue weighted by Crippen LogP contribution is -2.38. The van der Waals surface area contributed by atoms with Crippen LogP contribution in [0.2, 0.25) is 0 Å². The zero-order chi connectivity index (χ0) is 19.0. The summed E-state index contributed by atoms with van der Waals surface area (Å²) >= 11 is 0. The fraction of sp³-hybridized carbons (Fsp3) is 0.316. The molecule has 1 aliphatic rings. The summed E-state index contributed by atoms with van der Waals surface area (Å²) in [6, 6.07) is 5.02. The van der Waals surface area contributed by atoms with Crippen LogP contribution in [-0.2, 0) is 6.18 Å². The molecular formula is C19H17F3N4O. The van der Waals surface area contributed by atoms with E-state index in [1.807, 2.05) is 18.3 Å². The molecule has 3 aromatic rings. The van der Waals surface area contributed by atoms with Gasteiger partial charge in [0.25, 0.3) is 5.91 Å². The minimum atomic E-state index is -4.60. The summed E-state index contributed by atoms with van der Waals surface area (Å²) in [7, 11) is 0. The molecule has 0 bridgehead atoms. The number of fused-ring (bicyclic) bond motifs is 1. The number of likely N-dealkylation sites (tertiary alicyclic amines) is 1. The van der Waals surface area contributed by atoms with Gasteiger partial charge in [-0.1, -0.05) is 0 Å². The lowest BCUT2D eigenvalue weighted by Gasteiger charge is -2.32. The average Bonchev–Trinajstić information content (AvgIpc) is 3.11. The molecule has 1 amide bonds.